The van der Waals surface area contributed by atoms with Crippen LogP contribution in [0.15, 0.2) is 0 Å². The molecule has 1 heterocycles. The lowest BCUT2D eigenvalue weighted by atomic mass is 9.41. The highest BCUT2D eigenvalue weighted by atomic mass is 16.6. The average Bonchev–Trinajstić information content (AvgIpc) is 3.21. The Morgan fingerprint density at radius 3 is 1.93 bits per heavy atom. The normalized spacial score (nSPS) is 50.4. The van der Waals surface area contributed by atoms with Crippen molar-refractivity contribution in [2.75, 3.05) is 0 Å². The SMILES string of the molecule is CC(=O)O[C@H]1C[C@@H]2[C@]3(CC[C@@]4(C)[C@@H]([C@]5(C)CC[C@H](C(C)(C)O)O5)[C@H](OC(C)=O)C[C@@]24C)C[C@@]32CC[C@@H](OC(C)=O)C(C)(C)[C@@H]12. The summed E-state index contributed by atoms with van der Waals surface area (Å²) in [6, 6.07) is 0. The molecule has 0 aromatic rings. The van der Waals surface area contributed by atoms with Gasteiger partial charge in [-0.25, -0.2) is 0 Å². The van der Waals surface area contributed by atoms with Crippen molar-refractivity contribution >= 4 is 17.9 Å². The summed E-state index contributed by atoms with van der Waals surface area (Å²) in [6.07, 6.45) is 7.01. The predicted molar refractivity (Wildman–Crippen MR) is 163 cm³/mol. The molecule has 5 aliphatic carbocycles. The van der Waals surface area contributed by atoms with Gasteiger partial charge in [0.05, 0.1) is 17.3 Å². The Morgan fingerprint density at radius 2 is 1.36 bits per heavy atom. The maximum absolute atomic E-state index is 12.7. The molecule has 12 atom stereocenters. The maximum atomic E-state index is 12.7. The number of esters is 3. The molecule has 0 bridgehead atoms. The second-order valence-electron chi connectivity index (χ2n) is 17.6. The van der Waals surface area contributed by atoms with E-state index in [1.165, 1.54) is 20.8 Å². The summed E-state index contributed by atoms with van der Waals surface area (Å²) in [5, 5.41) is 10.9. The van der Waals surface area contributed by atoms with E-state index >= 15 is 0 Å². The van der Waals surface area contributed by atoms with E-state index in [9.17, 15) is 19.5 Å². The summed E-state index contributed by atoms with van der Waals surface area (Å²) < 4.78 is 25.3. The third-order valence-electron chi connectivity index (χ3n) is 14.6. The number of fused-ring (bicyclic) bond motifs is 2. The number of hydrogen-bond donors (Lipinski definition) is 1. The fourth-order valence-corrected chi connectivity index (χ4v) is 13.1. The Hall–Kier alpha value is -1.67. The van der Waals surface area contributed by atoms with E-state index in [1.54, 1.807) is 0 Å². The number of hydrogen-bond acceptors (Lipinski definition) is 8. The van der Waals surface area contributed by atoms with E-state index in [4.69, 9.17) is 18.9 Å². The zero-order valence-electron chi connectivity index (χ0n) is 28.7. The highest BCUT2D eigenvalue weighted by Gasteiger charge is 2.85. The van der Waals surface area contributed by atoms with Crippen molar-refractivity contribution in [3.8, 4) is 0 Å². The zero-order valence-corrected chi connectivity index (χ0v) is 28.7. The van der Waals surface area contributed by atoms with Crippen LogP contribution < -0.4 is 0 Å². The molecule has 5 saturated carbocycles. The van der Waals surface area contributed by atoms with Crippen molar-refractivity contribution in [3.63, 3.8) is 0 Å². The fourth-order valence-electron chi connectivity index (χ4n) is 13.1. The van der Waals surface area contributed by atoms with Gasteiger partial charge < -0.3 is 24.1 Å². The van der Waals surface area contributed by atoms with Crippen LogP contribution in [0.3, 0.4) is 0 Å². The molecule has 1 aliphatic heterocycles. The third-order valence-corrected chi connectivity index (χ3v) is 14.6. The molecule has 8 nitrogen and oxygen atoms in total. The van der Waals surface area contributed by atoms with Gasteiger partial charge in [0, 0.05) is 38.0 Å². The Morgan fingerprint density at radius 1 is 0.750 bits per heavy atom. The van der Waals surface area contributed by atoms with Gasteiger partial charge >= 0.3 is 17.9 Å². The van der Waals surface area contributed by atoms with Crippen LogP contribution in [0.4, 0.5) is 0 Å². The van der Waals surface area contributed by atoms with E-state index in [0.717, 1.165) is 57.8 Å². The topological polar surface area (TPSA) is 108 Å². The van der Waals surface area contributed by atoms with Gasteiger partial charge in [-0.2, -0.15) is 0 Å². The number of carbonyl (C=O) groups excluding carboxylic acids is 3. The summed E-state index contributed by atoms with van der Waals surface area (Å²) in [7, 11) is 0. The molecule has 1 N–H and O–H groups in total. The first-order chi connectivity index (χ1) is 20.2. The maximum Gasteiger partial charge on any atom is 0.302 e. The summed E-state index contributed by atoms with van der Waals surface area (Å²) in [5.74, 6) is -0.426. The predicted octanol–water partition coefficient (Wildman–Crippen LogP) is 6.15. The molecule has 248 valence electrons. The molecular formula is C36H56O8. The van der Waals surface area contributed by atoms with Gasteiger partial charge in [-0.15, -0.1) is 0 Å². The van der Waals surface area contributed by atoms with Gasteiger partial charge in [0.25, 0.3) is 0 Å². The second-order valence-corrected chi connectivity index (χ2v) is 17.6. The summed E-state index contributed by atoms with van der Waals surface area (Å²) >= 11 is 0. The Bertz CT molecular complexity index is 1240. The minimum atomic E-state index is -0.956. The summed E-state index contributed by atoms with van der Waals surface area (Å²) in [6.45, 7) is 19.6. The second kappa shape index (κ2) is 9.68. The van der Waals surface area contributed by atoms with Gasteiger partial charge in [-0.05, 0) is 106 Å². The lowest BCUT2D eigenvalue weighted by Crippen LogP contribution is -2.63. The molecule has 6 rings (SSSR count). The number of carbonyl (C=O) groups is 3. The van der Waals surface area contributed by atoms with E-state index in [1.807, 2.05) is 13.8 Å². The van der Waals surface area contributed by atoms with Crippen molar-refractivity contribution in [1.29, 1.82) is 0 Å². The average molecular weight is 617 g/mol. The smallest absolute Gasteiger partial charge is 0.302 e. The van der Waals surface area contributed by atoms with E-state index < -0.39 is 11.2 Å². The van der Waals surface area contributed by atoms with Gasteiger partial charge in [-0.1, -0.05) is 27.7 Å². The third kappa shape index (κ3) is 4.24. The monoisotopic (exact) mass is 616 g/mol. The first kappa shape index (κ1) is 32.3. The van der Waals surface area contributed by atoms with Crippen molar-refractivity contribution in [1.82, 2.24) is 0 Å². The van der Waals surface area contributed by atoms with Crippen LogP contribution >= 0.6 is 0 Å². The Kier molecular flexibility index (Phi) is 7.10. The first-order valence-corrected chi connectivity index (χ1v) is 17.1. The highest BCUT2D eigenvalue weighted by molar-refractivity contribution is 5.67. The van der Waals surface area contributed by atoms with Gasteiger partial charge in [0.1, 0.15) is 18.3 Å². The van der Waals surface area contributed by atoms with Crippen molar-refractivity contribution in [2.45, 2.75) is 163 Å². The molecule has 0 unspecified atom stereocenters. The van der Waals surface area contributed by atoms with E-state index in [-0.39, 0.29) is 87.2 Å². The van der Waals surface area contributed by atoms with Crippen molar-refractivity contribution in [2.24, 2.45) is 44.8 Å². The molecule has 6 aliphatic rings. The minimum absolute atomic E-state index is 0.0231. The van der Waals surface area contributed by atoms with Crippen LogP contribution in [0.5, 0.6) is 0 Å². The molecule has 0 aromatic heterocycles. The number of aliphatic hydroxyl groups is 1. The van der Waals surface area contributed by atoms with Gasteiger partial charge in [-0.3, -0.25) is 14.4 Å². The van der Waals surface area contributed by atoms with Crippen LogP contribution in [0.2, 0.25) is 0 Å². The van der Waals surface area contributed by atoms with Crippen molar-refractivity contribution in [3.05, 3.63) is 0 Å². The molecule has 2 spiro atoms. The number of ether oxygens (including phenoxy) is 4. The van der Waals surface area contributed by atoms with Crippen LogP contribution in [0, 0.1) is 44.8 Å². The van der Waals surface area contributed by atoms with Crippen LogP contribution in [0.25, 0.3) is 0 Å². The van der Waals surface area contributed by atoms with E-state index in [2.05, 4.69) is 34.6 Å². The van der Waals surface area contributed by atoms with Crippen LogP contribution in [-0.2, 0) is 33.3 Å². The fraction of sp³-hybridized carbons (Fsp3) is 0.917. The molecular weight excluding hydrogens is 560 g/mol. The summed E-state index contributed by atoms with van der Waals surface area (Å²) in [4.78, 5) is 37.4. The number of rotatable bonds is 5. The molecule has 6 fully saturated rings. The molecule has 0 aromatic carbocycles. The quantitative estimate of drug-likeness (QED) is 0.290. The van der Waals surface area contributed by atoms with Gasteiger partial charge in [0.2, 0.25) is 0 Å². The van der Waals surface area contributed by atoms with Gasteiger partial charge in [0.15, 0.2) is 0 Å². The molecule has 1 saturated heterocycles. The minimum Gasteiger partial charge on any atom is -0.462 e. The van der Waals surface area contributed by atoms with E-state index in [0.29, 0.717) is 0 Å². The van der Waals surface area contributed by atoms with Crippen LogP contribution in [-0.4, -0.2) is 58.6 Å². The zero-order chi connectivity index (χ0) is 32.5. The Labute approximate surface area is 263 Å². The molecule has 8 heteroatoms. The van der Waals surface area contributed by atoms with Crippen molar-refractivity contribution < 1.29 is 38.4 Å². The van der Waals surface area contributed by atoms with Crippen LogP contribution in [0.1, 0.15) is 127 Å². The lowest BCUT2D eigenvalue weighted by Gasteiger charge is -2.64. The molecule has 0 radical (unpaired) electrons. The molecule has 44 heavy (non-hydrogen) atoms. The largest absolute Gasteiger partial charge is 0.462 e. The highest BCUT2D eigenvalue weighted by Crippen LogP contribution is 2.89. The Balaban J connectivity index is 1.42. The standard InChI is InChI=1S/C36H56O8/c1-20(37)41-23-17-25-33(9)18-24(42-21(2)38)29(34(10)13-11-27(44-34)31(6,7)40)32(33,8)15-16-35(25)19-36(35)14-12-26(43-22(3)39)30(4,5)28(23)36/h23-29,40H,11-19H2,1-10H3/t23-,24+,25-,26+,27+,28+,29-,32-,33-,34-,35-,36+/m0/s1. The molecule has 0 amide bonds. The summed E-state index contributed by atoms with van der Waals surface area (Å²) in [5.41, 5.74) is -2.07. The lowest BCUT2D eigenvalue weighted by molar-refractivity contribution is -0.224. The first-order valence-electron chi connectivity index (χ1n) is 17.1.